The average Bonchev–Trinajstić information content (AvgIpc) is 2.81. The topological polar surface area (TPSA) is 21.3 Å². The number of benzene rings is 1. The molecule has 2 nitrogen and oxygen atoms in total. The molecule has 0 spiro atoms. The van der Waals surface area contributed by atoms with E-state index in [1.165, 1.54) is 5.56 Å². The maximum atomic E-state index is 5.75. The van der Waals surface area contributed by atoms with Gasteiger partial charge in [-0.25, -0.2) is 0 Å². The second-order valence-corrected chi connectivity index (χ2v) is 8.08. The maximum absolute atomic E-state index is 5.75. The molecule has 0 bridgehead atoms. The lowest BCUT2D eigenvalue weighted by Gasteiger charge is -2.20. The van der Waals surface area contributed by atoms with Crippen molar-refractivity contribution in [3.63, 3.8) is 0 Å². The third kappa shape index (κ3) is 2.87. The minimum atomic E-state index is 0.366. The molecule has 0 saturated heterocycles. The van der Waals surface area contributed by atoms with E-state index >= 15 is 0 Å². The first kappa shape index (κ1) is 16.8. The fraction of sp³-hybridized carbons (Fsp3) is 0.667. The van der Waals surface area contributed by atoms with E-state index in [4.69, 9.17) is 4.74 Å². The number of ether oxygens (including phenoxy) is 1. The molecule has 1 fully saturated rings. The molecule has 1 aliphatic rings. The van der Waals surface area contributed by atoms with Gasteiger partial charge >= 0.3 is 0 Å². The van der Waals surface area contributed by atoms with Crippen molar-refractivity contribution >= 4 is 15.9 Å². The highest BCUT2D eigenvalue weighted by molar-refractivity contribution is 9.10. The third-order valence-corrected chi connectivity index (χ3v) is 6.17. The fourth-order valence-corrected chi connectivity index (χ4v) is 4.16. The normalized spacial score (nSPS) is 21.1. The minimum Gasteiger partial charge on any atom is -0.492 e. The molecule has 0 amide bonds. The zero-order chi connectivity index (χ0) is 15.8. The van der Waals surface area contributed by atoms with Crippen LogP contribution < -0.4 is 10.1 Å². The minimum absolute atomic E-state index is 0.366. The molecule has 118 valence electrons. The van der Waals surface area contributed by atoms with Crippen LogP contribution in [0.2, 0.25) is 0 Å². The van der Waals surface area contributed by atoms with E-state index in [9.17, 15) is 0 Å². The molecule has 0 heterocycles. The van der Waals surface area contributed by atoms with E-state index in [1.54, 1.807) is 0 Å². The van der Waals surface area contributed by atoms with E-state index in [1.807, 2.05) is 0 Å². The van der Waals surface area contributed by atoms with E-state index < -0.39 is 0 Å². The number of rotatable bonds is 6. The van der Waals surface area contributed by atoms with Crippen molar-refractivity contribution in [3.8, 4) is 5.75 Å². The molecule has 1 aromatic rings. The Hall–Kier alpha value is -0.540. The van der Waals surface area contributed by atoms with Gasteiger partial charge in [-0.2, -0.15) is 0 Å². The Labute approximate surface area is 137 Å². The lowest BCUT2D eigenvalue weighted by Crippen LogP contribution is -2.21. The molecule has 0 aliphatic heterocycles. The quantitative estimate of drug-likeness (QED) is 0.760. The highest BCUT2D eigenvalue weighted by Crippen LogP contribution is 2.72. The van der Waals surface area contributed by atoms with Crippen molar-refractivity contribution in [3.05, 3.63) is 28.2 Å². The molecule has 1 saturated carbocycles. The number of nitrogens with one attached hydrogen (secondary N) is 1. The van der Waals surface area contributed by atoms with Gasteiger partial charge in [-0.15, -0.1) is 0 Å². The predicted molar refractivity (Wildman–Crippen MR) is 92.8 cm³/mol. The molecule has 1 aromatic carbocycles. The molecule has 0 radical (unpaired) electrons. The zero-order valence-corrected chi connectivity index (χ0v) is 15.7. The first-order chi connectivity index (χ1) is 9.77. The van der Waals surface area contributed by atoms with Crippen molar-refractivity contribution < 1.29 is 4.74 Å². The smallest absolute Gasteiger partial charge is 0.133 e. The molecule has 2 rings (SSSR count). The van der Waals surface area contributed by atoms with E-state index in [0.29, 0.717) is 22.8 Å². The maximum Gasteiger partial charge on any atom is 0.133 e. The van der Waals surface area contributed by atoms with Crippen LogP contribution in [0.25, 0.3) is 0 Å². The van der Waals surface area contributed by atoms with Gasteiger partial charge < -0.3 is 10.1 Å². The molecule has 1 unspecified atom stereocenters. The van der Waals surface area contributed by atoms with Crippen molar-refractivity contribution in [1.29, 1.82) is 0 Å². The number of hydrogen-bond acceptors (Lipinski definition) is 2. The predicted octanol–water partition coefficient (Wildman–Crippen LogP) is 5.18. The van der Waals surface area contributed by atoms with Crippen molar-refractivity contribution in [2.45, 2.75) is 47.1 Å². The Balaban J connectivity index is 2.23. The highest BCUT2D eigenvalue weighted by atomic mass is 79.9. The van der Waals surface area contributed by atoms with Crippen molar-refractivity contribution in [2.75, 3.05) is 13.7 Å². The van der Waals surface area contributed by atoms with Gasteiger partial charge in [0, 0.05) is 6.04 Å². The summed E-state index contributed by atoms with van der Waals surface area (Å²) >= 11 is 3.65. The molecular formula is C18H28BrNO. The summed E-state index contributed by atoms with van der Waals surface area (Å²) in [7, 11) is 2.06. The number of hydrogen-bond donors (Lipinski definition) is 1. The Kier molecular flexibility index (Phi) is 4.75. The second kappa shape index (κ2) is 5.92. The van der Waals surface area contributed by atoms with Gasteiger partial charge in [0.2, 0.25) is 0 Å². The van der Waals surface area contributed by atoms with Crippen LogP contribution >= 0.6 is 15.9 Å². The monoisotopic (exact) mass is 353 g/mol. The summed E-state index contributed by atoms with van der Waals surface area (Å²) in [6, 6.07) is 6.87. The third-order valence-electron chi connectivity index (χ3n) is 5.55. The SMILES string of the molecule is CCCOc1ccc(C(NC)C2C(C)(C)C2(C)C)cc1Br. The standard InChI is InChI=1S/C18H28BrNO/c1-7-10-21-14-9-8-12(11-13(14)19)15(20-6)16-17(2,3)18(16,4)5/h8-9,11,15-16,20H,7,10H2,1-6H3. The first-order valence-electron chi connectivity index (χ1n) is 7.86. The summed E-state index contributed by atoms with van der Waals surface area (Å²) < 4.78 is 6.79. The first-order valence-corrected chi connectivity index (χ1v) is 8.66. The molecule has 1 N–H and O–H groups in total. The largest absolute Gasteiger partial charge is 0.492 e. The van der Waals surface area contributed by atoms with Crippen LogP contribution in [0.15, 0.2) is 22.7 Å². The lowest BCUT2D eigenvalue weighted by molar-refractivity contribution is 0.315. The van der Waals surface area contributed by atoms with E-state index in [0.717, 1.165) is 23.2 Å². The fourth-order valence-electron chi connectivity index (χ4n) is 3.65. The van der Waals surface area contributed by atoms with Crippen LogP contribution in [0.1, 0.15) is 52.6 Å². The Bertz CT molecular complexity index is 496. The molecule has 1 atom stereocenters. The van der Waals surface area contributed by atoms with Gasteiger partial charge in [-0.3, -0.25) is 0 Å². The average molecular weight is 354 g/mol. The Morgan fingerprint density at radius 3 is 2.29 bits per heavy atom. The van der Waals surface area contributed by atoms with Crippen LogP contribution in [0.3, 0.4) is 0 Å². The second-order valence-electron chi connectivity index (χ2n) is 7.23. The summed E-state index contributed by atoms with van der Waals surface area (Å²) in [5.74, 6) is 1.58. The van der Waals surface area contributed by atoms with Crippen LogP contribution in [-0.4, -0.2) is 13.7 Å². The van der Waals surface area contributed by atoms with Gasteiger partial charge in [0.1, 0.15) is 5.75 Å². The molecule has 3 heteroatoms. The van der Waals surface area contributed by atoms with Crippen LogP contribution in [-0.2, 0) is 0 Å². The van der Waals surface area contributed by atoms with Gasteiger partial charge in [0.05, 0.1) is 11.1 Å². The summed E-state index contributed by atoms with van der Waals surface area (Å²) in [5, 5.41) is 3.52. The molecule has 21 heavy (non-hydrogen) atoms. The van der Waals surface area contributed by atoms with Crippen LogP contribution in [0.4, 0.5) is 0 Å². The lowest BCUT2D eigenvalue weighted by atomic mass is 9.96. The van der Waals surface area contributed by atoms with E-state index in [2.05, 4.69) is 81.1 Å². The molecule has 1 aliphatic carbocycles. The highest BCUT2D eigenvalue weighted by Gasteiger charge is 2.67. The van der Waals surface area contributed by atoms with Gasteiger partial charge in [0.25, 0.3) is 0 Å². The van der Waals surface area contributed by atoms with Gasteiger partial charge in [-0.05, 0) is 63.8 Å². The summed E-state index contributed by atoms with van der Waals surface area (Å²) in [5.41, 5.74) is 2.06. The van der Waals surface area contributed by atoms with Crippen LogP contribution in [0, 0.1) is 16.7 Å². The van der Waals surface area contributed by atoms with E-state index in [-0.39, 0.29) is 0 Å². The summed E-state index contributed by atoms with van der Waals surface area (Å²) in [4.78, 5) is 0. The zero-order valence-electron chi connectivity index (χ0n) is 14.1. The Morgan fingerprint density at radius 2 is 1.86 bits per heavy atom. The summed E-state index contributed by atoms with van der Waals surface area (Å²) in [6.07, 6.45) is 1.03. The van der Waals surface area contributed by atoms with Crippen LogP contribution in [0.5, 0.6) is 5.75 Å². The molecular weight excluding hydrogens is 326 g/mol. The molecule has 0 aromatic heterocycles. The summed E-state index contributed by atoms with van der Waals surface area (Å²) in [6.45, 7) is 12.4. The van der Waals surface area contributed by atoms with Gasteiger partial charge in [0.15, 0.2) is 0 Å². The Morgan fingerprint density at radius 1 is 1.24 bits per heavy atom. The van der Waals surface area contributed by atoms with Gasteiger partial charge in [-0.1, -0.05) is 40.7 Å². The number of halogens is 1. The van der Waals surface area contributed by atoms with Crippen molar-refractivity contribution in [1.82, 2.24) is 5.32 Å². The van der Waals surface area contributed by atoms with Crippen molar-refractivity contribution in [2.24, 2.45) is 16.7 Å².